The first-order valence-corrected chi connectivity index (χ1v) is 14.0. The molecule has 0 N–H and O–H groups in total. The summed E-state index contributed by atoms with van der Waals surface area (Å²) in [5.41, 5.74) is 11.3. The highest BCUT2D eigenvalue weighted by atomic mass is 14.9. The predicted octanol–water partition coefficient (Wildman–Crippen LogP) is 10.4. The smallest absolute Gasteiger partial charge is 0.160 e. The van der Waals surface area contributed by atoms with E-state index in [2.05, 4.69) is 151 Å². The Morgan fingerprint density at radius 3 is 1.23 bits per heavy atom. The van der Waals surface area contributed by atoms with Gasteiger partial charge in [-0.3, -0.25) is 0 Å². The van der Waals surface area contributed by atoms with Crippen molar-refractivity contribution in [3.8, 4) is 45.0 Å². The lowest BCUT2D eigenvalue weighted by Gasteiger charge is -2.19. The second kappa shape index (κ2) is 10.7. The Balaban J connectivity index is 1.57. The summed E-state index contributed by atoms with van der Waals surface area (Å²) in [5.74, 6) is 0.733. The molecular weight excluding hydrogens is 484 g/mol. The van der Waals surface area contributed by atoms with Gasteiger partial charge < -0.3 is 0 Å². The van der Waals surface area contributed by atoms with Gasteiger partial charge in [0.05, 0.1) is 11.4 Å². The lowest BCUT2D eigenvalue weighted by Crippen LogP contribution is -2.10. The highest BCUT2D eigenvalue weighted by molar-refractivity contribution is 5.74. The largest absolute Gasteiger partial charge is 0.228 e. The molecule has 5 rings (SSSR count). The zero-order chi connectivity index (χ0) is 28.5. The summed E-state index contributed by atoms with van der Waals surface area (Å²) in [6.07, 6.45) is 1.87. The molecule has 0 fully saturated rings. The van der Waals surface area contributed by atoms with Gasteiger partial charge in [0, 0.05) is 16.7 Å². The van der Waals surface area contributed by atoms with Crippen LogP contribution in [0.25, 0.3) is 51.1 Å². The fraction of sp³-hybridized carbons (Fsp3) is 0.211. The van der Waals surface area contributed by atoms with E-state index in [1.54, 1.807) is 0 Å². The quantitative estimate of drug-likeness (QED) is 0.229. The molecule has 4 aromatic carbocycles. The van der Waals surface area contributed by atoms with Gasteiger partial charge in [0.25, 0.3) is 0 Å². The molecule has 0 bridgehead atoms. The minimum absolute atomic E-state index is 0.0922. The first-order chi connectivity index (χ1) is 19.0. The molecule has 40 heavy (non-hydrogen) atoms. The van der Waals surface area contributed by atoms with E-state index in [4.69, 9.17) is 9.97 Å². The highest BCUT2D eigenvalue weighted by Gasteiger charge is 2.17. The van der Waals surface area contributed by atoms with Gasteiger partial charge in [-0.2, -0.15) is 0 Å². The van der Waals surface area contributed by atoms with Crippen molar-refractivity contribution in [2.75, 3.05) is 0 Å². The van der Waals surface area contributed by atoms with Gasteiger partial charge in [0.15, 0.2) is 5.82 Å². The SMILES string of the molecule is C=Cc1ccc(-c2ccc(-c3cc(-c4ccc(C(C)(C)C)cc4)nc(-c4ccc(C(C)(C)C)cc4)n3)cc2)cc1. The third-order valence-electron chi connectivity index (χ3n) is 7.44. The van der Waals surface area contributed by atoms with E-state index in [1.807, 2.05) is 6.08 Å². The number of benzene rings is 4. The van der Waals surface area contributed by atoms with Crippen molar-refractivity contribution in [2.24, 2.45) is 0 Å². The first-order valence-electron chi connectivity index (χ1n) is 14.0. The maximum atomic E-state index is 5.05. The molecule has 0 unspecified atom stereocenters. The van der Waals surface area contributed by atoms with Gasteiger partial charge in [-0.25, -0.2) is 9.97 Å². The summed E-state index contributed by atoms with van der Waals surface area (Å²) in [4.78, 5) is 10.1. The molecule has 0 saturated heterocycles. The van der Waals surface area contributed by atoms with Crippen LogP contribution < -0.4 is 0 Å². The summed E-state index contributed by atoms with van der Waals surface area (Å²) >= 11 is 0. The van der Waals surface area contributed by atoms with Crippen LogP contribution in [0.3, 0.4) is 0 Å². The molecule has 0 aliphatic heterocycles. The minimum atomic E-state index is 0.0922. The monoisotopic (exact) mass is 522 g/mol. The molecular formula is C38H38N2. The van der Waals surface area contributed by atoms with Gasteiger partial charge in [-0.15, -0.1) is 0 Å². The van der Waals surface area contributed by atoms with E-state index in [1.165, 1.54) is 22.3 Å². The third-order valence-corrected chi connectivity index (χ3v) is 7.44. The van der Waals surface area contributed by atoms with Gasteiger partial charge >= 0.3 is 0 Å². The number of rotatable bonds is 5. The lowest BCUT2D eigenvalue weighted by atomic mass is 9.86. The van der Waals surface area contributed by atoms with Crippen LogP contribution in [0.4, 0.5) is 0 Å². The lowest BCUT2D eigenvalue weighted by molar-refractivity contribution is 0.590. The van der Waals surface area contributed by atoms with Gasteiger partial charge in [0.1, 0.15) is 0 Å². The molecule has 5 aromatic rings. The molecule has 0 saturated carbocycles. The van der Waals surface area contributed by atoms with Crippen LogP contribution in [0.2, 0.25) is 0 Å². The maximum absolute atomic E-state index is 5.05. The molecule has 0 radical (unpaired) electrons. The molecule has 200 valence electrons. The van der Waals surface area contributed by atoms with Crippen molar-refractivity contribution in [3.63, 3.8) is 0 Å². The van der Waals surface area contributed by atoms with Gasteiger partial charge in [0.2, 0.25) is 0 Å². The fourth-order valence-corrected chi connectivity index (χ4v) is 4.78. The first kappa shape index (κ1) is 27.3. The molecule has 1 heterocycles. The molecule has 0 atom stereocenters. The van der Waals surface area contributed by atoms with Crippen LogP contribution in [0, 0.1) is 0 Å². The fourth-order valence-electron chi connectivity index (χ4n) is 4.78. The van der Waals surface area contributed by atoms with E-state index < -0.39 is 0 Å². The van der Waals surface area contributed by atoms with Crippen molar-refractivity contribution in [1.82, 2.24) is 9.97 Å². The van der Waals surface area contributed by atoms with Crippen molar-refractivity contribution in [2.45, 2.75) is 52.4 Å². The van der Waals surface area contributed by atoms with Gasteiger partial charge in [-0.05, 0) is 44.7 Å². The van der Waals surface area contributed by atoms with Crippen molar-refractivity contribution in [3.05, 3.63) is 126 Å². The molecule has 1 aromatic heterocycles. The molecule has 0 aliphatic rings. The molecule has 2 heteroatoms. The topological polar surface area (TPSA) is 25.8 Å². The van der Waals surface area contributed by atoms with Crippen LogP contribution in [0.15, 0.2) is 110 Å². The minimum Gasteiger partial charge on any atom is -0.228 e. The summed E-state index contributed by atoms with van der Waals surface area (Å²) in [6.45, 7) is 17.3. The number of aromatic nitrogens is 2. The van der Waals surface area contributed by atoms with E-state index in [-0.39, 0.29) is 10.8 Å². The van der Waals surface area contributed by atoms with E-state index in [9.17, 15) is 0 Å². The van der Waals surface area contributed by atoms with E-state index in [0.29, 0.717) is 0 Å². The van der Waals surface area contributed by atoms with Crippen LogP contribution in [0.5, 0.6) is 0 Å². The average Bonchev–Trinajstić information content (AvgIpc) is 2.96. The second-order valence-corrected chi connectivity index (χ2v) is 12.5. The summed E-state index contributed by atoms with van der Waals surface area (Å²) in [5, 5.41) is 0. The zero-order valence-electron chi connectivity index (χ0n) is 24.5. The predicted molar refractivity (Wildman–Crippen MR) is 171 cm³/mol. The van der Waals surface area contributed by atoms with Crippen molar-refractivity contribution >= 4 is 6.08 Å². The summed E-state index contributed by atoms with van der Waals surface area (Å²) in [6, 6.07) is 36.6. The third kappa shape index (κ3) is 5.97. The highest BCUT2D eigenvalue weighted by Crippen LogP contribution is 2.32. The number of nitrogens with zero attached hydrogens (tertiary/aromatic N) is 2. The number of hydrogen-bond acceptors (Lipinski definition) is 2. The molecule has 0 spiro atoms. The molecule has 0 amide bonds. The van der Waals surface area contributed by atoms with Crippen LogP contribution in [-0.4, -0.2) is 9.97 Å². The molecule has 0 aliphatic carbocycles. The Labute approximate surface area is 239 Å². The van der Waals surface area contributed by atoms with Gasteiger partial charge in [-0.1, -0.05) is 151 Å². The molecule has 2 nitrogen and oxygen atoms in total. The Morgan fingerprint density at radius 2 is 0.825 bits per heavy atom. The van der Waals surface area contributed by atoms with Crippen LogP contribution in [-0.2, 0) is 10.8 Å². The summed E-state index contributed by atoms with van der Waals surface area (Å²) < 4.78 is 0. The normalized spacial score (nSPS) is 11.8. The van der Waals surface area contributed by atoms with Crippen LogP contribution in [0.1, 0.15) is 58.2 Å². The van der Waals surface area contributed by atoms with E-state index >= 15 is 0 Å². The number of hydrogen-bond donors (Lipinski definition) is 0. The summed E-state index contributed by atoms with van der Waals surface area (Å²) in [7, 11) is 0. The van der Waals surface area contributed by atoms with Crippen molar-refractivity contribution < 1.29 is 0 Å². The second-order valence-electron chi connectivity index (χ2n) is 12.5. The Morgan fingerprint density at radius 1 is 0.475 bits per heavy atom. The Kier molecular flexibility index (Phi) is 7.29. The van der Waals surface area contributed by atoms with E-state index in [0.717, 1.165) is 39.5 Å². The standard InChI is InChI=1S/C38H38N2/c1-8-26-9-11-27(12-10-26)28-13-15-29(16-14-28)34-25-35(30-17-21-32(22-18-30)37(2,3)4)40-36(39-34)31-19-23-33(24-20-31)38(5,6)7/h8-25H,1H2,2-7H3. The van der Waals surface area contributed by atoms with Crippen LogP contribution >= 0.6 is 0 Å². The Hall–Kier alpha value is -4.30. The zero-order valence-corrected chi connectivity index (χ0v) is 24.5. The van der Waals surface area contributed by atoms with Crippen molar-refractivity contribution in [1.29, 1.82) is 0 Å². The maximum Gasteiger partial charge on any atom is 0.160 e. The Bertz CT molecular complexity index is 1530. The average molecular weight is 523 g/mol.